The van der Waals surface area contributed by atoms with Crippen LogP contribution in [0.4, 0.5) is 5.69 Å². The zero-order valence-corrected chi connectivity index (χ0v) is 17.9. The highest BCUT2D eigenvalue weighted by atomic mass is 32.2. The maximum absolute atomic E-state index is 13.0. The number of hydrogen-bond acceptors (Lipinski definition) is 4. The molecule has 30 heavy (non-hydrogen) atoms. The van der Waals surface area contributed by atoms with Crippen LogP contribution in [0.1, 0.15) is 21.5 Å². The maximum atomic E-state index is 13.0. The lowest BCUT2D eigenvalue weighted by molar-refractivity contribution is 0.0951. The first-order chi connectivity index (χ1) is 14.3. The van der Waals surface area contributed by atoms with Crippen LogP contribution in [0.5, 0.6) is 5.75 Å². The number of carbonyl (C=O) groups is 1. The van der Waals surface area contributed by atoms with Crippen molar-refractivity contribution in [2.24, 2.45) is 0 Å². The lowest BCUT2D eigenvalue weighted by Gasteiger charge is -2.22. The van der Waals surface area contributed by atoms with Crippen LogP contribution >= 0.6 is 0 Å². The normalized spacial score (nSPS) is 11.0. The Labute approximate surface area is 177 Å². The van der Waals surface area contributed by atoms with Crippen molar-refractivity contribution in [3.05, 3.63) is 89.5 Å². The van der Waals surface area contributed by atoms with E-state index in [-0.39, 0.29) is 10.8 Å². The number of ether oxygens (including phenoxy) is 1. The number of hydrogen-bond donors (Lipinski definition) is 1. The van der Waals surface area contributed by atoms with Crippen molar-refractivity contribution in [3.63, 3.8) is 0 Å². The minimum absolute atomic E-state index is 0.194. The molecule has 0 aliphatic rings. The predicted octanol–water partition coefficient (Wildman–Crippen LogP) is 3.76. The summed E-state index contributed by atoms with van der Waals surface area (Å²) in [7, 11) is -0.655. The Balaban J connectivity index is 1.81. The maximum Gasteiger partial charge on any atom is 0.264 e. The fourth-order valence-corrected chi connectivity index (χ4v) is 4.31. The number of aryl methyl sites for hydroxylation is 1. The van der Waals surface area contributed by atoms with E-state index in [4.69, 9.17) is 4.74 Å². The van der Waals surface area contributed by atoms with E-state index >= 15 is 0 Å². The van der Waals surface area contributed by atoms with Gasteiger partial charge in [-0.1, -0.05) is 36.4 Å². The summed E-state index contributed by atoms with van der Waals surface area (Å²) < 4.78 is 32.3. The SMILES string of the molecule is COc1cccc(CNC(=O)c2ccc(C)c(N(C)S(=O)(=O)c3ccccc3)c2)c1. The molecule has 0 bridgehead atoms. The van der Waals surface area contributed by atoms with Gasteiger partial charge in [0.25, 0.3) is 15.9 Å². The molecular formula is C23H24N2O4S. The fourth-order valence-electron chi connectivity index (χ4n) is 3.04. The van der Waals surface area contributed by atoms with Gasteiger partial charge in [0.15, 0.2) is 0 Å². The molecule has 0 fully saturated rings. The second kappa shape index (κ2) is 9.00. The molecule has 1 N–H and O–H groups in total. The van der Waals surface area contributed by atoms with Gasteiger partial charge < -0.3 is 10.1 Å². The molecule has 0 saturated carbocycles. The van der Waals surface area contributed by atoms with Gasteiger partial charge in [-0.15, -0.1) is 0 Å². The highest BCUT2D eigenvalue weighted by molar-refractivity contribution is 7.92. The molecule has 0 spiro atoms. The molecule has 0 aliphatic carbocycles. The molecule has 0 aromatic heterocycles. The monoisotopic (exact) mass is 424 g/mol. The van der Waals surface area contributed by atoms with Crippen LogP contribution in [0.2, 0.25) is 0 Å². The lowest BCUT2D eigenvalue weighted by atomic mass is 10.1. The molecule has 0 saturated heterocycles. The number of sulfonamides is 1. The molecule has 3 aromatic rings. The number of benzene rings is 3. The van der Waals surface area contributed by atoms with Gasteiger partial charge in [0, 0.05) is 19.2 Å². The van der Waals surface area contributed by atoms with Crippen molar-refractivity contribution in [3.8, 4) is 5.75 Å². The minimum Gasteiger partial charge on any atom is -0.497 e. The molecule has 6 nitrogen and oxygen atoms in total. The lowest BCUT2D eigenvalue weighted by Crippen LogP contribution is -2.28. The summed E-state index contributed by atoms with van der Waals surface area (Å²) in [5.74, 6) is 0.427. The average Bonchev–Trinajstić information content (AvgIpc) is 2.78. The van der Waals surface area contributed by atoms with Gasteiger partial charge in [0.2, 0.25) is 0 Å². The highest BCUT2D eigenvalue weighted by Gasteiger charge is 2.23. The van der Waals surface area contributed by atoms with E-state index in [2.05, 4.69) is 5.32 Å². The van der Waals surface area contributed by atoms with Gasteiger partial charge in [-0.2, -0.15) is 0 Å². The molecule has 0 aliphatic heterocycles. The van der Waals surface area contributed by atoms with Gasteiger partial charge in [-0.25, -0.2) is 8.42 Å². The number of anilines is 1. The van der Waals surface area contributed by atoms with E-state index in [9.17, 15) is 13.2 Å². The third-order valence-electron chi connectivity index (χ3n) is 4.80. The summed E-state index contributed by atoms with van der Waals surface area (Å²) in [5.41, 5.74) is 2.49. The summed E-state index contributed by atoms with van der Waals surface area (Å²) >= 11 is 0. The molecule has 0 unspecified atom stereocenters. The molecule has 0 atom stereocenters. The Morgan fingerprint density at radius 2 is 1.73 bits per heavy atom. The molecule has 3 aromatic carbocycles. The number of amides is 1. The van der Waals surface area contributed by atoms with Gasteiger partial charge in [-0.3, -0.25) is 9.10 Å². The van der Waals surface area contributed by atoms with E-state index in [1.54, 1.807) is 55.6 Å². The van der Waals surface area contributed by atoms with Gasteiger partial charge in [0.1, 0.15) is 5.75 Å². The molecule has 0 heterocycles. The van der Waals surface area contributed by atoms with E-state index < -0.39 is 10.0 Å². The van der Waals surface area contributed by atoms with Crippen molar-refractivity contribution in [1.29, 1.82) is 0 Å². The van der Waals surface area contributed by atoms with E-state index in [1.807, 2.05) is 31.2 Å². The second-order valence-electron chi connectivity index (χ2n) is 6.82. The minimum atomic E-state index is -3.73. The number of nitrogens with zero attached hydrogens (tertiary/aromatic N) is 1. The van der Waals surface area contributed by atoms with Crippen molar-refractivity contribution in [2.45, 2.75) is 18.4 Å². The van der Waals surface area contributed by atoms with Crippen molar-refractivity contribution in [2.75, 3.05) is 18.5 Å². The standard InChI is InChI=1S/C23H24N2O4S/c1-17-12-13-19(23(26)24-16-18-8-7-9-20(14-18)29-3)15-22(17)25(2)30(27,28)21-10-5-4-6-11-21/h4-15H,16H2,1-3H3,(H,24,26). The van der Waals surface area contributed by atoms with Crippen LogP contribution < -0.4 is 14.4 Å². The first-order valence-electron chi connectivity index (χ1n) is 9.38. The van der Waals surface area contributed by atoms with Gasteiger partial charge in [-0.05, 0) is 54.4 Å². The van der Waals surface area contributed by atoms with E-state index in [0.29, 0.717) is 23.5 Å². The van der Waals surface area contributed by atoms with Crippen LogP contribution in [0.25, 0.3) is 0 Å². The number of methoxy groups -OCH3 is 1. The Bertz CT molecular complexity index is 1140. The van der Waals surface area contributed by atoms with Crippen LogP contribution in [0.15, 0.2) is 77.7 Å². The first-order valence-corrected chi connectivity index (χ1v) is 10.8. The van der Waals surface area contributed by atoms with Crippen LogP contribution in [0, 0.1) is 6.92 Å². The third-order valence-corrected chi connectivity index (χ3v) is 6.59. The van der Waals surface area contributed by atoms with E-state index in [0.717, 1.165) is 11.1 Å². The summed E-state index contributed by atoms with van der Waals surface area (Å²) in [5, 5.41) is 2.86. The van der Waals surface area contributed by atoms with Crippen LogP contribution in [0.3, 0.4) is 0 Å². The first kappa shape index (κ1) is 21.4. The molecule has 156 valence electrons. The number of rotatable bonds is 7. The highest BCUT2D eigenvalue weighted by Crippen LogP contribution is 2.26. The van der Waals surface area contributed by atoms with Crippen molar-refractivity contribution < 1.29 is 17.9 Å². The Morgan fingerprint density at radius 3 is 2.43 bits per heavy atom. The Kier molecular flexibility index (Phi) is 6.42. The molecule has 0 radical (unpaired) electrons. The van der Waals surface area contributed by atoms with Crippen molar-refractivity contribution in [1.82, 2.24) is 5.32 Å². The largest absolute Gasteiger partial charge is 0.497 e. The molecular weight excluding hydrogens is 400 g/mol. The Hall–Kier alpha value is -3.32. The van der Waals surface area contributed by atoms with E-state index in [1.165, 1.54) is 11.4 Å². The Morgan fingerprint density at radius 1 is 1.00 bits per heavy atom. The van der Waals surface area contributed by atoms with Gasteiger partial charge >= 0.3 is 0 Å². The zero-order valence-electron chi connectivity index (χ0n) is 17.1. The smallest absolute Gasteiger partial charge is 0.264 e. The zero-order chi connectivity index (χ0) is 21.7. The molecule has 1 amide bonds. The quantitative estimate of drug-likeness (QED) is 0.627. The molecule has 3 rings (SSSR count). The average molecular weight is 425 g/mol. The fraction of sp³-hybridized carbons (Fsp3) is 0.174. The summed E-state index contributed by atoms with van der Waals surface area (Å²) in [4.78, 5) is 12.9. The summed E-state index contributed by atoms with van der Waals surface area (Å²) in [6.45, 7) is 2.14. The third kappa shape index (κ3) is 4.63. The van der Waals surface area contributed by atoms with Crippen LogP contribution in [-0.2, 0) is 16.6 Å². The number of carbonyl (C=O) groups excluding carboxylic acids is 1. The predicted molar refractivity (Wildman–Crippen MR) is 117 cm³/mol. The van der Waals surface area contributed by atoms with Crippen molar-refractivity contribution >= 4 is 21.6 Å². The van der Waals surface area contributed by atoms with Gasteiger partial charge in [0.05, 0.1) is 17.7 Å². The second-order valence-corrected chi connectivity index (χ2v) is 8.79. The number of nitrogens with one attached hydrogen (secondary N) is 1. The summed E-state index contributed by atoms with van der Waals surface area (Å²) in [6.07, 6.45) is 0. The molecule has 7 heteroatoms. The van der Waals surface area contributed by atoms with Crippen LogP contribution in [-0.4, -0.2) is 28.5 Å². The summed E-state index contributed by atoms with van der Waals surface area (Å²) in [6, 6.07) is 20.7. The topological polar surface area (TPSA) is 75.7 Å².